The van der Waals surface area contributed by atoms with Crippen molar-refractivity contribution in [2.45, 2.75) is 19.4 Å². The lowest BCUT2D eigenvalue weighted by molar-refractivity contribution is 0.662. The fourth-order valence-corrected chi connectivity index (χ4v) is 2.17. The predicted molar refractivity (Wildman–Crippen MR) is 75.7 cm³/mol. The molecule has 1 heterocycles. The molecule has 0 aliphatic carbocycles. The highest BCUT2D eigenvalue weighted by molar-refractivity contribution is 7.98. The van der Waals surface area contributed by atoms with E-state index in [4.69, 9.17) is 17.4 Å². The van der Waals surface area contributed by atoms with Gasteiger partial charge in [-0.1, -0.05) is 11.6 Å². The van der Waals surface area contributed by atoms with Gasteiger partial charge in [0.15, 0.2) is 5.82 Å². The normalized spacial score (nSPS) is 12.3. The number of aromatic nitrogens is 2. The molecular weight excluding hydrogens is 258 g/mol. The molecule has 7 heteroatoms. The Hall–Kier alpha value is -0.720. The number of hydrazine groups is 1. The van der Waals surface area contributed by atoms with E-state index in [9.17, 15) is 0 Å². The molecule has 17 heavy (non-hydrogen) atoms. The molecular formula is C10H18ClN5S. The summed E-state index contributed by atoms with van der Waals surface area (Å²) in [6.45, 7) is 2.14. The van der Waals surface area contributed by atoms with Crippen LogP contribution in [0.1, 0.15) is 13.3 Å². The monoisotopic (exact) mass is 275 g/mol. The van der Waals surface area contributed by atoms with E-state index in [1.54, 1.807) is 6.20 Å². The lowest BCUT2D eigenvalue weighted by Crippen LogP contribution is -2.30. The summed E-state index contributed by atoms with van der Waals surface area (Å²) in [5.41, 5.74) is 2.42. The molecule has 0 aromatic carbocycles. The number of rotatable bonds is 6. The summed E-state index contributed by atoms with van der Waals surface area (Å²) in [7, 11) is 1.97. The Balaban J connectivity index is 2.82. The molecule has 1 aromatic rings. The summed E-state index contributed by atoms with van der Waals surface area (Å²) in [6.07, 6.45) is 4.72. The van der Waals surface area contributed by atoms with E-state index in [0.717, 1.165) is 12.2 Å². The van der Waals surface area contributed by atoms with Gasteiger partial charge in [-0.25, -0.2) is 10.8 Å². The van der Waals surface area contributed by atoms with Crippen LogP contribution in [-0.2, 0) is 0 Å². The van der Waals surface area contributed by atoms with Crippen LogP contribution in [0.5, 0.6) is 0 Å². The highest BCUT2D eigenvalue weighted by Gasteiger charge is 2.15. The van der Waals surface area contributed by atoms with Crippen LogP contribution in [0.3, 0.4) is 0 Å². The first-order valence-electron chi connectivity index (χ1n) is 5.31. The molecule has 0 amide bonds. The maximum absolute atomic E-state index is 6.09. The second-order valence-corrected chi connectivity index (χ2v) is 5.14. The maximum atomic E-state index is 6.09. The number of anilines is 2. The zero-order valence-corrected chi connectivity index (χ0v) is 11.8. The Morgan fingerprint density at radius 1 is 1.65 bits per heavy atom. The number of hydrogen-bond donors (Lipinski definition) is 2. The minimum absolute atomic E-state index is 0.362. The van der Waals surface area contributed by atoms with Crippen molar-refractivity contribution in [3.8, 4) is 0 Å². The van der Waals surface area contributed by atoms with Gasteiger partial charge in [-0.2, -0.15) is 16.7 Å². The fraction of sp³-hybridized carbons (Fsp3) is 0.600. The molecule has 0 spiro atoms. The Labute approximate surface area is 111 Å². The van der Waals surface area contributed by atoms with Crippen molar-refractivity contribution in [1.82, 2.24) is 9.97 Å². The van der Waals surface area contributed by atoms with Gasteiger partial charge in [0.05, 0.1) is 6.20 Å². The smallest absolute Gasteiger partial charge is 0.239 e. The van der Waals surface area contributed by atoms with Gasteiger partial charge in [0.25, 0.3) is 0 Å². The number of thioether (sulfide) groups is 1. The summed E-state index contributed by atoms with van der Waals surface area (Å²) in [5, 5.41) is 0.530. The molecule has 0 aliphatic rings. The molecule has 0 bridgehead atoms. The number of halogens is 1. The van der Waals surface area contributed by atoms with E-state index in [1.807, 2.05) is 23.7 Å². The van der Waals surface area contributed by atoms with Crippen molar-refractivity contribution in [1.29, 1.82) is 0 Å². The van der Waals surface area contributed by atoms with Crippen LogP contribution in [0.25, 0.3) is 0 Å². The summed E-state index contributed by atoms with van der Waals surface area (Å²) in [6, 6.07) is 0.362. The number of nitrogen functional groups attached to an aromatic ring is 1. The van der Waals surface area contributed by atoms with Crippen LogP contribution in [0.15, 0.2) is 6.20 Å². The molecule has 1 rings (SSSR count). The van der Waals surface area contributed by atoms with Crippen LogP contribution >= 0.6 is 23.4 Å². The van der Waals surface area contributed by atoms with Gasteiger partial charge in [-0.3, -0.25) is 5.43 Å². The van der Waals surface area contributed by atoms with Gasteiger partial charge in [0.2, 0.25) is 5.95 Å². The fourth-order valence-electron chi connectivity index (χ4n) is 1.37. The van der Waals surface area contributed by atoms with Crippen molar-refractivity contribution in [3.63, 3.8) is 0 Å². The first-order chi connectivity index (χ1) is 8.10. The van der Waals surface area contributed by atoms with Crippen molar-refractivity contribution in [3.05, 3.63) is 11.2 Å². The molecule has 1 aromatic heterocycles. The van der Waals surface area contributed by atoms with Crippen LogP contribution in [0.4, 0.5) is 11.8 Å². The van der Waals surface area contributed by atoms with Crippen LogP contribution in [-0.4, -0.2) is 35.1 Å². The highest BCUT2D eigenvalue weighted by atomic mass is 35.5. The summed E-state index contributed by atoms with van der Waals surface area (Å²) < 4.78 is 0. The summed E-state index contributed by atoms with van der Waals surface area (Å²) in [5.74, 6) is 7.46. The molecule has 0 aliphatic heterocycles. The third kappa shape index (κ3) is 3.90. The second-order valence-electron chi connectivity index (χ2n) is 3.75. The average Bonchev–Trinajstić information content (AvgIpc) is 2.35. The average molecular weight is 276 g/mol. The predicted octanol–water partition coefficient (Wildman–Crippen LogP) is 1.99. The van der Waals surface area contributed by atoms with Crippen LogP contribution in [0.2, 0.25) is 5.02 Å². The number of nitrogens with two attached hydrogens (primary N) is 1. The third-order valence-corrected chi connectivity index (χ3v) is 3.50. The Morgan fingerprint density at radius 2 is 2.35 bits per heavy atom. The van der Waals surface area contributed by atoms with E-state index >= 15 is 0 Å². The van der Waals surface area contributed by atoms with Crippen molar-refractivity contribution in [2.24, 2.45) is 5.84 Å². The van der Waals surface area contributed by atoms with E-state index in [2.05, 4.69) is 28.6 Å². The molecule has 0 radical (unpaired) electrons. The van der Waals surface area contributed by atoms with E-state index in [0.29, 0.717) is 22.8 Å². The topological polar surface area (TPSA) is 67.1 Å². The summed E-state index contributed by atoms with van der Waals surface area (Å²) in [4.78, 5) is 10.3. The van der Waals surface area contributed by atoms with Gasteiger partial charge in [-0.05, 0) is 25.4 Å². The van der Waals surface area contributed by atoms with E-state index < -0.39 is 0 Å². The molecule has 0 fully saturated rings. The molecule has 1 atom stereocenters. The van der Waals surface area contributed by atoms with Gasteiger partial charge < -0.3 is 4.90 Å². The molecule has 1 unspecified atom stereocenters. The van der Waals surface area contributed by atoms with Crippen molar-refractivity contribution < 1.29 is 0 Å². The van der Waals surface area contributed by atoms with Gasteiger partial charge in [0, 0.05) is 13.1 Å². The highest BCUT2D eigenvalue weighted by Crippen LogP contribution is 2.25. The standard InChI is InChI=1S/C10H18ClN5S/c1-7(4-5-17-3)16(2)9-8(11)6-13-10(14-9)15-12/h6-7H,4-5,12H2,1-3H3,(H,13,14,15). The van der Waals surface area contributed by atoms with Gasteiger partial charge in [0.1, 0.15) is 5.02 Å². The lowest BCUT2D eigenvalue weighted by Gasteiger charge is -2.26. The van der Waals surface area contributed by atoms with E-state index in [-0.39, 0.29) is 0 Å². The minimum Gasteiger partial charge on any atom is -0.356 e. The first kappa shape index (κ1) is 14.3. The Kier molecular flexibility index (Phi) is 5.80. The SMILES string of the molecule is CSCCC(C)N(C)c1nc(NN)ncc1Cl. The Morgan fingerprint density at radius 3 is 2.94 bits per heavy atom. The van der Waals surface area contributed by atoms with Crippen LogP contribution < -0.4 is 16.2 Å². The van der Waals surface area contributed by atoms with Crippen LogP contribution in [0, 0.1) is 0 Å². The number of nitrogens with zero attached hydrogens (tertiary/aromatic N) is 3. The number of hydrogen-bond acceptors (Lipinski definition) is 6. The minimum atomic E-state index is 0.362. The quantitative estimate of drug-likeness (QED) is 0.611. The zero-order chi connectivity index (χ0) is 12.8. The zero-order valence-electron chi connectivity index (χ0n) is 10.3. The maximum Gasteiger partial charge on any atom is 0.239 e. The molecule has 0 saturated heterocycles. The van der Waals surface area contributed by atoms with Gasteiger partial charge >= 0.3 is 0 Å². The van der Waals surface area contributed by atoms with E-state index in [1.165, 1.54) is 0 Å². The molecule has 3 N–H and O–H groups in total. The molecule has 5 nitrogen and oxygen atoms in total. The first-order valence-corrected chi connectivity index (χ1v) is 7.08. The summed E-state index contributed by atoms with van der Waals surface area (Å²) >= 11 is 7.92. The Bertz CT molecular complexity index is 363. The third-order valence-electron chi connectivity index (χ3n) is 2.59. The number of nitrogens with one attached hydrogen (secondary N) is 1. The second kappa shape index (κ2) is 6.88. The van der Waals surface area contributed by atoms with Gasteiger partial charge in [-0.15, -0.1) is 0 Å². The lowest BCUT2D eigenvalue weighted by atomic mass is 10.2. The molecule has 0 saturated carbocycles. The molecule has 96 valence electrons. The van der Waals surface area contributed by atoms with Crippen molar-refractivity contribution in [2.75, 3.05) is 29.4 Å². The van der Waals surface area contributed by atoms with Crippen molar-refractivity contribution >= 4 is 35.1 Å². The largest absolute Gasteiger partial charge is 0.356 e.